The zero-order chi connectivity index (χ0) is 18.5. The first-order valence-electron chi connectivity index (χ1n) is 9.63. The van der Waals surface area contributed by atoms with Crippen LogP contribution in [0.15, 0.2) is 42.5 Å². The van der Waals surface area contributed by atoms with Crippen LogP contribution in [0.3, 0.4) is 0 Å². The Morgan fingerprint density at radius 2 is 1.85 bits per heavy atom. The highest BCUT2D eigenvalue weighted by Gasteiger charge is 2.18. The summed E-state index contributed by atoms with van der Waals surface area (Å²) in [7, 11) is 0. The zero-order valence-electron chi connectivity index (χ0n) is 15.6. The minimum Gasteiger partial charge on any atom is -0.493 e. The first-order chi connectivity index (χ1) is 13.3. The van der Waals surface area contributed by atoms with E-state index in [1.54, 1.807) is 6.07 Å². The van der Waals surface area contributed by atoms with Crippen LogP contribution in [0.1, 0.15) is 16.7 Å². The number of nitriles is 1. The number of benzene rings is 2. The molecule has 0 aromatic heterocycles. The average molecular weight is 363 g/mol. The van der Waals surface area contributed by atoms with Gasteiger partial charge in [0.2, 0.25) is 0 Å². The van der Waals surface area contributed by atoms with Crippen LogP contribution in [0.4, 0.5) is 0 Å². The van der Waals surface area contributed by atoms with Crippen molar-refractivity contribution in [2.24, 2.45) is 0 Å². The molecule has 0 aliphatic carbocycles. The lowest BCUT2D eigenvalue weighted by atomic mass is 10.1. The maximum absolute atomic E-state index is 9.12. The van der Waals surface area contributed by atoms with E-state index in [-0.39, 0.29) is 0 Å². The van der Waals surface area contributed by atoms with E-state index >= 15 is 0 Å². The fourth-order valence-corrected chi connectivity index (χ4v) is 3.74. The van der Waals surface area contributed by atoms with Gasteiger partial charge in [-0.2, -0.15) is 5.26 Å². The topological polar surface area (TPSA) is 48.7 Å². The van der Waals surface area contributed by atoms with Crippen LogP contribution in [0.25, 0.3) is 0 Å². The minimum absolute atomic E-state index is 0.599. The molecule has 2 aromatic carbocycles. The second-order valence-corrected chi connectivity index (χ2v) is 7.11. The largest absolute Gasteiger partial charge is 0.493 e. The average Bonchev–Trinajstić information content (AvgIpc) is 3.17. The summed E-state index contributed by atoms with van der Waals surface area (Å²) >= 11 is 0. The Morgan fingerprint density at radius 3 is 2.70 bits per heavy atom. The van der Waals surface area contributed by atoms with E-state index in [4.69, 9.17) is 14.7 Å². The molecule has 0 N–H and O–H groups in total. The number of fused-ring (bicyclic) bond motifs is 1. The van der Waals surface area contributed by atoms with Gasteiger partial charge in [0.1, 0.15) is 24.2 Å². The summed E-state index contributed by atoms with van der Waals surface area (Å²) in [5.41, 5.74) is 3.33. The molecule has 2 aliphatic rings. The number of rotatable bonds is 6. The van der Waals surface area contributed by atoms with Gasteiger partial charge in [-0.1, -0.05) is 24.3 Å². The lowest BCUT2D eigenvalue weighted by molar-refractivity contribution is 0.112. The molecule has 0 unspecified atom stereocenters. The van der Waals surface area contributed by atoms with Crippen molar-refractivity contribution < 1.29 is 9.47 Å². The van der Waals surface area contributed by atoms with Crippen LogP contribution in [-0.2, 0) is 13.0 Å². The molecule has 140 valence electrons. The molecule has 5 heteroatoms. The van der Waals surface area contributed by atoms with Crippen LogP contribution in [0.5, 0.6) is 11.5 Å². The monoisotopic (exact) mass is 363 g/mol. The predicted octanol–water partition coefficient (Wildman–Crippen LogP) is 2.69. The van der Waals surface area contributed by atoms with Crippen LogP contribution in [0.2, 0.25) is 0 Å². The molecule has 0 radical (unpaired) electrons. The summed E-state index contributed by atoms with van der Waals surface area (Å²) in [5, 5.41) is 9.12. The summed E-state index contributed by atoms with van der Waals surface area (Å²) in [5.74, 6) is 1.74. The van der Waals surface area contributed by atoms with Gasteiger partial charge < -0.3 is 9.47 Å². The van der Waals surface area contributed by atoms with Crippen molar-refractivity contribution in [2.75, 3.05) is 45.9 Å². The molecule has 0 saturated carbocycles. The molecule has 0 atom stereocenters. The zero-order valence-corrected chi connectivity index (χ0v) is 15.6. The molecule has 0 spiro atoms. The Balaban J connectivity index is 1.21. The summed E-state index contributed by atoms with van der Waals surface area (Å²) in [6, 6.07) is 16.2. The van der Waals surface area contributed by atoms with Gasteiger partial charge in [-0.25, -0.2) is 0 Å². The normalized spacial score (nSPS) is 17.1. The lowest BCUT2D eigenvalue weighted by Crippen LogP contribution is -2.47. The number of hydrogen-bond donors (Lipinski definition) is 0. The summed E-state index contributed by atoms with van der Waals surface area (Å²) in [4.78, 5) is 4.95. The molecule has 1 fully saturated rings. The van der Waals surface area contributed by atoms with Crippen molar-refractivity contribution in [1.82, 2.24) is 9.80 Å². The number of nitrogens with zero attached hydrogens (tertiary/aromatic N) is 3. The van der Waals surface area contributed by atoms with Crippen LogP contribution in [0, 0.1) is 11.3 Å². The highest BCUT2D eigenvalue weighted by Crippen LogP contribution is 2.26. The molecule has 4 rings (SSSR count). The molecule has 5 nitrogen and oxygen atoms in total. The molecule has 27 heavy (non-hydrogen) atoms. The van der Waals surface area contributed by atoms with E-state index in [0.717, 1.165) is 58.0 Å². The standard InChI is InChI=1S/C22H25N3O2/c23-16-20-3-1-2-4-21(20)27-14-12-24-8-10-25(11-9-24)17-18-5-6-22-19(15-18)7-13-26-22/h1-6,15H,7-14,17H2. The van der Waals surface area contributed by atoms with E-state index in [0.29, 0.717) is 17.9 Å². The van der Waals surface area contributed by atoms with Crippen LogP contribution >= 0.6 is 0 Å². The maximum Gasteiger partial charge on any atom is 0.137 e. The van der Waals surface area contributed by atoms with Gasteiger partial charge in [0, 0.05) is 45.7 Å². The molecular formula is C22H25N3O2. The number of piperazine rings is 1. The van der Waals surface area contributed by atoms with Crippen molar-refractivity contribution >= 4 is 0 Å². The lowest BCUT2D eigenvalue weighted by Gasteiger charge is -2.34. The Bertz CT molecular complexity index is 823. The molecule has 2 aromatic rings. The smallest absolute Gasteiger partial charge is 0.137 e. The maximum atomic E-state index is 9.12. The first-order valence-corrected chi connectivity index (χ1v) is 9.63. The van der Waals surface area contributed by atoms with Crippen LogP contribution in [-0.4, -0.2) is 55.7 Å². The third-order valence-corrected chi connectivity index (χ3v) is 5.30. The second-order valence-electron chi connectivity index (χ2n) is 7.11. The molecule has 0 amide bonds. The van der Waals surface area contributed by atoms with Crippen molar-refractivity contribution in [3.63, 3.8) is 0 Å². The van der Waals surface area contributed by atoms with Gasteiger partial charge in [-0.15, -0.1) is 0 Å². The summed E-state index contributed by atoms with van der Waals surface area (Å²) in [6.45, 7) is 7.58. The number of para-hydroxylation sites is 1. The predicted molar refractivity (Wildman–Crippen MR) is 104 cm³/mol. The Kier molecular flexibility index (Phi) is 5.57. The van der Waals surface area contributed by atoms with Gasteiger partial charge in [0.25, 0.3) is 0 Å². The van der Waals surface area contributed by atoms with E-state index in [1.807, 2.05) is 18.2 Å². The molecule has 1 saturated heterocycles. The third kappa shape index (κ3) is 4.41. The van der Waals surface area contributed by atoms with Gasteiger partial charge in [0.15, 0.2) is 0 Å². The Morgan fingerprint density at radius 1 is 1.04 bits per heavy atom. The summed E-state index contributed by atoms with van der Waals surface area (Å²) in [6.07, 6.45) is 1.03. The SMILES string of the molecule is N#Cc1ccccc1OCCN1CCN(Cc2ccc3c(c2)CCO3)CC1. The van der Waals surface area contributed by atoms with Gasteiger partial charge in [-0.3, -0.25) is 9.80 Å². The Hall–Kier alpha value is -2.55. The van der Waals surface area contributed by atoms with E-state index in [2.05, 4.69) is 34.1 Å². The van der Waals surface area contributed by atoms with Crippen molar-refractivity contribution in [3.8, 4) is 17.6 Å². The fourth-order valence-electron chi connectivity index (χ4n) is 3.74. The third-order valence-electron chi connectivity index (χ3n) is 5.30. The van der Waals surface area contributed by atoms with Gasteiger partial charge in [-0.05, 0) is 29.3 Å². The quantitative estimate of drug-likeness (QED) is 0.790. The van der Waals surface area contributed by atoms with Crippen LogP contribution < -0.4 is 9.47 Å². The van der Waals surface area contributed by atoms with Crippen molar-refractivity contribution in [3.05, 3.63) is 59.2 Å². The Labute approximate surface area is 160 Å². The first kappa shape index (κ1) is 17.8. The summed E-state index contributed by atoms with van der Waals surface area (Å²) < 4.78 is 11.4. The molecular weight excluding hydrogens is 338 g/mol. The fraction of sp³-hybridized carbons (Fsp3) is 0.409. The highest BCUT2D eigenvalue weighted by molar-refractivity contribution is 5.42. The van der Waals surface area contributed by atoms with E-state index in [1.165, 1.54) is 11.1 Å². The minimum atomic E-state index is 0.599. The highest BCUT2D eigenvalue weighted by atomic mass is 16.5. The van der Waals surface area contributed by atoms with Gasteiger partial charge in [0.05, 0.1) is 12.2 Å². The number of ether oxygens (including phenoxy) is 2. The molecule has 0 bridgehead atoms. The number of hydrogen-bond acceptors (Lipinski definition) is 5. The van der Waals surface area contributed by atoms with Crippen molar-refractivity contribution in [1.29, 1.82) is 5.26 Å². The second kappa shape index (κ2) is 8.43. The molecule has 2 heterocycles. The van der Waals surface area contributed by atoms with E-state index in [9.17, 15) is 0 Å². The van der Waals surface area contributed by atoms with Gasteiger partial charge >= 0.3 is 0 Å². The van der Waals surface area contributed by atoms with E-state index < -0.39 is 0 Å². The van der Waals surface area contributed by atoms with Crippen molar-refractivity contribution in [2.45, 2.75) is 13.0 Å². The molecule has 2 aliphatic heterocycles.